The maximum atomic E-state index is 12.1. The zero-order chi connectivity index (χ0) is 15.1. The van der Waals surface area contributed by atoms with Gasteiger partial charge >= 0.3 is 0 Å². The minimum Gasteiger partial charge on any atom is -0.352 e. The monoisotopic (exact) mass is 296 g/mol. The van der Waals surface area contributed by atoms with Crippen LogP contribution in [-0.2, 0) is 0 Å². The molecule has 0 unspecified atom stereocenters. The molecule has 20 heavy (non-hydrogen) atoms. The molecule has 0 aromatic heterocycles. The fraction of sp³-hybridized carbons (Fsp3) is 0.500. The van der Waals surface area contributed by atoms with E-state index < -0.39 is 4.92 Å². The number of hydrogen-bond acceptors (Lipinski definition) is 4. The van der Waals surface area contributed by atoms with E-state index in [1.807, 2.05) is 6.26 Å². The molecule has 1 N–H and O–H groups in total. The van der Waals surface area contributed by atoms with E-state index >= 15 is 0 Å². The summed E-state index contributed by atoms with van der Waals surface area (Å²) in [6.45, 7) is 4.68. The van der Waals surface area contributed by atoms with Crippen LogP contribution in [-0.4, -0.2) is 23.6 Å². The van der Waals surface area contributed by atoms with Crippen LogP contribution in [0.1, 0.15) is 37.0 Å². The molecule has 0 heterocycles. The van der Waals surface area contributed by atoms with Gasteiger partial charge in [0.15, 0.2) is 0 Å². The van der Waals surface area contributed by atoms with Gasteiger partial charge in [-0.05, 0) is 24.3 Å². The lowest BCUT2D eigenvalue weighted by atomic mass is 10.0. The van der Waals surface area contributed by atoms with Gasteiger partial charge in [-0.2, -0.15) is 0 Å². The van der Waals surface area contributed by atoms with Gasteiger partial charge in [-0.25, -0.2) is 0 Å². The Kier molecular flexibility index (Phi) is 6.51. The third-order valence-corrected chi connectivity index (χ3v) is 4.08. The van der Waals surface area contributed by atoms with Crippen LogP contribution in [0.2, 0.25) is 0 Å². The summed E-state index contributed by atoms with van der Waals surface area (Å²) in [5.41, 5.74) is -0.0161. The molecule has 1 aromatic carbocycles. The average molecular weight is 296 g/mol. The molecule has 0 saturated heterocycles. The standard InChI is InChI=1S/C14H20N2O3S/c1-4-10(5-2)9-15-14(17)12-8-11(20-3)6-7-13(12)16(18)19/h6-8,10H,4-5,9H2,1-3H3,(H,15,17). The zero-order valence-electron chi connectivity index (χ0n) is 12.0. The number of thioether (sulfide) groups is 1. The molecule has 110 valence electrons. The maximum absolute atomic E-state index is 12.1. The molecule has 0 atom stereocenters. The Bertz CT molecular complexity index is 487. The molecular formula is C14H20N2O3S. The Hall–Kier alpha value is -1.56. The van der Waals surface area contributed by atoms with Crippen LogP contribution < -0.4 is 5.32 Å². The van der Waals surface area contributed by atoms with E-state index in [9.17, 15) is 14.9 Å². The summed E-state index contributed by atoms with van der Waals surface area (Å²) < 4.78 is 0. The van der Waals surface area contributed by atoms with Crippen LogP contribution in [0.3, 0.4) is 0 Å². The number of nitrogens with one attached hydrogen (secondary N) is 1. The van der Waals surface area contributed by atoms with Crippen molar-refractivity contribution in [2.45, 2.75) is 31.6 Å². The van der Waals surface area contributed by atoms with Gasteiger partial charge < -0.3 is 5.32 Å². The number of nitro benzene ring substituents is 1. The number of rotatable bonds is 7. The maximum Gasteiger partial charge on any atom is 0.282 e. The van der Waals surface area contributed by atoms with E-state index in [4.69, 9.17) is 0 Å². The first-order valence-electron chi connectivity index (χ1n) is 6.64. The molecule has 0 saturated carbocycles. The summed E-state index contributed by atoms with van der Waals surface area (Å²) in [7, 11) is 0. The topological polar surface area (TPSA) is 72.2 Å². The molecule has 1 aromatic rings. The van der Waals surface area contributed by atoms with Crippen molar-refractivity contribution in [3.8, 4) is 0 Å². The van der Waals surface area contributed by atoms with E-state index in [2.05, 4.69) is 19.2 Å². The Morgan fingerprint density at radius 3 is 2.55 bits per heavy atom. The third-order valence-electron chi connectivity index (χ3n) is 3.35. The summed E-state index contributed by atoms with van der Waals surface area (Å²) in [4.78, 5) is 23.5. The molecule has 6 heteroatoms. The highest BCUT2D eigenvalue weighted by atomic mass is 32.2. The third kappa shape index (κ3) is 4.23. The second kappa shape index (κ2) is 7.89. The van der Waals surface area contributed by atoms with Crippen LogP contribution in [0.15, 0.2) is 23.1 Å². The largest absolute Gasteiger partial charge is 0.352 e. The van der Waals surface area contributed by atoms with Gasteiger partial charge in [0.05, 0.1) is 4.92 Å². The van der Waals surface area contributed by atoms with Crippen molar-refractivity contribution in [1.29, 1.82) is 0 Å². The molecule has 0 aliphatic rings. The molecule has 0 spiro atoms. The van der Waals surface area contributed by atoms with E-state index in [1.165, 1.54) is 17.8 Å². The number of nitrogens with zero attached hydrogens (tertiary/aromatic N) is 1. The highest BCUT2D eigenvalue weighted by Gasteiger charge is 2.20. The van der Waals surface area contributed by atoms with Gasteiger partial charge in [-0.1, -0.05) is 26.7 Å². The molecule has 0 aliphatic heterocycles. The Morgan fingerprint density at radius 2 is 2.05 bits per heavy atom. The summed E-state index contributed by atoms with van der Waals surface area (Å²) in [5.74, 6) is 0.0289. The quantitative estimate of drug-likeness (QED) is 0.475. The van der Waals surface area contributed by atoms with E-state index in [1.54, 1.807) is 12.1 Å². The van der Waals surface area contributed by atoms with Crippen molar-refractivity contribution in [3.05, 3.63) is 33.9 Å². The molecule has 1 amide bonds. The van der Waals surface area contributed by atoms with E-state index in [0.29, 0.717) is 12.5 Å². The first-order valence-corrected chi connectivity index (χ1v) is 7.86. The first-order chi connectivity index (χ1) is 9.53. The van der Waals surface area contributed by atoms with Crippen molar-refractivity contribution < 1.29 is 9.72 Å². The summed E-state index contributed by atoms with van der Waals surface area (Å²) >= 11 is 1.45. The van der Waals surface area contributed by atoms with E-state index in [0.717, 1.165) is 17.7 Å². The van der Waals surface area contributed by atoms with Crippen LogP contribution in [0.5, 0.6) is 0 Å². The normalized spacial score (nSPS) is 10.6. The van der Waals surface area contributed by atoms with Gasteiger partial charge in [0.25, 0.3) is 11.6 Å². The molecule has 0 bridgehead atoms. The smallest absolute Gasteiger partial charge is 0.282 e. The number of nitro groups is 1. The number of amides is 1. The second-order valence-corrected chi connectivity index (χ2v) is 5.41. The SMILES string of the molecule is CCC(CC)CNC(=O)c1cc(SC)ccc1[N+](=O)[O-]. The van der Waals surface area contributed by atoms with Crippen molar-refractivity contribution >= 4 is 23.4 Å². The predicted octanol–water partition coefficient (Wildman–Crippen LogP) is 3.48. The lowest BCUT2D eigenvalue weighted by Gasteiger charge is -2.13. The fourth-order valence-electron chi connectivity index (χ4n) is 1.89. The van der Waals surface area contributed by atoms with Gasteiger partial charge in [-0.15, -0.1) is 11.8 Å². The number of hydrogen-bond donors (Lipinski definition) is 1. The summed E-state index contributed by atoms with van der Waals surface area (Å²) in [6, 6.07) is 4.61. The zero-order valence-corrected chi connectivity index (χ0v) is 12.8. The summed E-state index contributed by atoms with van der Waals surface area (Å²) in [6.07, 6.45) is 3.82. The van der Waals surface area contributed by atoms with Crippen molar-refractivity contribution in [1.82, 2.24) is 5.32 Å². The van der Waals surface area contributed by atoms with Gasteiger partial charge in [-0.3, -0.25) is 14.9 Å². The Labute approximate surface area is 123 Å². The fourth-order valence-corrected chi connectivity index (χ4v) is 2.33. The molecule has 0 fully saturated rings. The number of carbonyl (C=O) groups excluding carboxylic acids is 1. The highest BCUT2D eigenvalue weighted by Crippen LogP contribution is 2.24. The predicted molar refractivity (Wildman–Crippen MR) is 81.3 cm³/mol. The van der Waals surface area contributed by atoms with E-state index in [-0.39, 0.29) is 17.2 Å². The van der Waals surface area contributed by atoms with Crippen molar-refractivity contribution in [2.24, 2.45) is 5.92 Å². The Balaban J connectivity index is 2.92. The Morgan fingerprint density at radius 1 is 1.40 bits per heavy atom. The second-order valence-electron chi connectivity index (χ2n) is 4.53. The minimum absolute atomic E-state index is 0.132. The molecule has 0 aliphatic carbocycles. The lowest BCUT2D eigenvalue weighted by molar-refractivity contribution is -0.385. The first kappa shape index (κ1) is 16.5. The van der Waals surface area contributed by atoms with Crippen LogP contribution in [0, 0.1) is 16.0 Å². The van der Waals surface area contributed by atoms with Gasteiger partial charge in [0, 0.05) is 17.5 Å². The molecular weight excluding hydrogens is 276 g/mol. The molecule has 1 rings (SSSR count). The average Bonchev–Trinajstić information content (AvgIpc) is 2.47. The minimum atomic E-state index is -0.518. The summed E-state index contributed by atoms with van der Waals surface area (Å²) in [5, 5.41) is 13.8. The number of benzene rings is 1. The number of carbonyl (C=O) groups is 1. The van der Waals surface area contributed by atoms with Gasteiger partial charge in [0.2, 0.25) is 0 Å². The molecule has 5 nitrogen and oxygen atoms in total. The van der Waals surface area contributed by atoms with Crippen LogP contribution in [0.4, 0.5) is 5.69 Å². The molecule has 0 radical (unpaired) electrons. The van der Waals surface area contributed by atoms with Crippen molar-refractivity contribution in [2.75, 3.05) is 12.8 Å². The van der Waals surface area contributed by atoms with Crippen molar-refractivity contribution in [3.63, 3.8) is 0 Å². The van der Waals surface area contributed by atoms with Gasteiger partial charge in [0.1, 0.15) is 5.56 Å². The lowest BCUT2D eigenvalue weighted by Crippen LogP contribution is -2.29. The van der Waals surface area contributed by atoms with Crippen LogP contribution >= 0.6 is 11.8 Å². The highest BCUT2D eigenvalue weighted by molar-refractivity contribution is 7.98. The van der Waals surface area contributed by atoms with Crippen LogP contribution in [0.25, 0.3) is 0 Å².